The fraction of sp³-hybridized carbons (Fsp3) is 0.200. The number of hydrogen-bond acceptors (Lipinski definition) is 12. The summed E-state index contributed by atoms with van der Waals surface area (Å²) < 4.78 is 0. The van der Waals surface area contributed by atoms with Crippen LogP contribution in [0.3, 0.4) is 0 Å². The number of amides is 4. The minimum Gasteiger partial charge on any atom is -0.478 e. The zero-order valence-corrected chi connectivity index (χ0v) is 32.0. The van der Waals surface area contributed by atoms with Crippen LogP contribution in [0.2, 0.25) is 0 Å². The molecule has 0 fully saturated rings. The van der Waals surface area contributed by atoms with Gasteiger partial charge in [0.2, 0.25) is 23.9 Å². The Labute approximate surface area is 330 Å². The second kappa shape index (κ2) is 18.7. The third-order valence-electron chi connectivity index (χ3n) is 8.23. The minimum absolute atomic E-state index is 0.134. The Morgan fingerprint density at radius 1 is 0.500 bits per heavy atom. The molecule has 0 saturated carbocycles. The van der Waals surface area contributed by atoms with Gasteiger partial charge in [-0.05, 0) is 111 Å². The number of carboxylic acid groups (broad SMARTS) is 2. The number of Topliss-reactive ketones (excluding diaryl/α,β-unsaturated/α-hetero) is 2. The van der Waals surface area contributed by atoms with Crippen molar-refractivity contribution in [2.24, 2.45) is 20.5 Å². The Hall–Kier alpha value is -7.76. The van der Waals surface area contributed by atoms with Crippen LogP contribution in [0.1, 0.15) is 59.5 Å². The van der Waals surface area contributed by atoms with Gasteiger partial charge in [0.25, 0.3) is 11.8 Å². The maximum atomic E-state index is 13.2. The number of nitrogens with zero attached hydrogens (tertiary/aromatic N) is 4. The van der Waals surface area contributed by atoms with E-state index in [2.05, 4.69) is 41.7 Å². The van der Waals surface area contributed by atoms with Crippen molar-refractivity contribution in [1.82, 2.24) is 0 Å². The van der Waals surface area contributed by atoms with E-state index in [1.54, 1.807) is 50.2 Å². The van der Waals surface area contributed by atoms with E-state index >= 15 is 0 Å². The Bertz CT molecular complexity index is 2260. The van der Waals surface area contributed by atoms with Crippen LogP contribution in [-0.2, 0) is 28.8 Å². The molecule has 298 valence electrons. The molecule has 58 heavy (non-hydrogen) atoms. The van der Waals surface area contributed by atoms with Crippen LogP contribution in [0.15, 0.2) is 93.3 Å². The van der Waals surface area contributed by atoms with Crippen molar-refractivity contribution < 1.29 is 48.6 Å². The van der Waals surface area contributed by atoms with Crippen LogP contribution in [0.25, 0.3) is 11.1 Å². The summed E-state index contributed by atoms with van der Waals surface area (Å²) in [6.45, 7) is 8.27. The van der Waals surface area contributed by atoms with Crippen molar-refractivity contribution in [2.45, 2.75) is 53.6 Å². The minimum atomic E-state index is -1.60. The summed E-state index contributed by atoms with van der Waals surface area (Å²) in [5.41, 5.74) is 2.98. The summed E-state index contributed by atoms with van der Waals surface area (Å²) in [4.78, 5) is 97.5. The number of carbonyl (C=O) groups is 8. The lowest BCUT2D eigenvalue weighted by Crippen LogP contribution is -2.32. The average molecular weight is 791 g/mol. The second-order valence-electron chi connectivity index (χ2n) is 12.9. The molecule has 0 aliphatic carbocycles. The zero-order valence-electron chi connectivity index (χ0n) is 32.0. The van der Waals surface area contributed by atoms with Gasteiger partial charge in [0, 0.05) is 36.6 Å². The van der Waals surface area contributed by atoms with E-state index < -0.39 is 59.2 Å². The van der Waals surface area contributed by atoms with E-state index in [0.29, 0.717) is 22.5 Å². The molecule has 0 aromatic heterocycles. The Kier molecular flexibility index (Phi) is 13.9. The number of ketones is 2. The summed E-state index contributed by atoms with van der Waals surface area (Å²) in [6.07, 6.45) is 0. The number of anilines is 4. The molecule has 0 saturated heterocycles. The van der Waals surface area contributed by atoms with Gasteiger partial charge < -0.3 is 31.5 Å². The first-order chi connectivity index (χ1) is 27.3. The molecule has 4 rings (SSSR count). The molecule has 0 unspecified atom stereocenters. The summed E-state index contributed by atoms with van der Waals surface area (Å²) in [6, 6.07) is 14.8. The first-order valence-electron chi connectivity index (χ1n) is 17.3. The average Bonchev–Trinajstić information content (AvgIpc) is 3.13. The van der Waals surface area contributed by atoms with E-state index in [4.69, 9.17) is 0 Å². The van der Waals surface area contributed by atoms with Crippen LogP contribution in [-0.4, -0.2) is 69.4 Å². The predicted molar refractivity (Wildman–Crippen MR) is 212 cm³/mol. The van der Waals surface area contributed by atoms with Gasteiger partial charge >= 0.3 is 11.9 Å². The molecular weight excluding hydrogens is 752 g/mol. The van der Waals surface area contributed by atoms with Gasteiger partial charge in [0.15, 0.2) is 11.6 Å². The van der Waals surface area contributed by atoms with E-state index in [-0.39, 0.29) is 33.9 Å². The number of carbonyl (C=O) groups excluding carboxylic acids is 6. The molecule has 0 aliphatic rings. The van der Waals surface area contributed by atoms with Crippen molar-refractivity contribution in [1.29, 1.82) is 0 Å². The number of benzene rings is 4. The predicted octanol–water partition coefficient (Wildman–Crippen LogP) is 6.64. The lowest BCUT2D eigenvalue weighted by atomic mass is 9.99. The number of carboxylic acids is 2. The summed E-state index contributed by atoms with van der Waals surface area (Å²) in [5.74, 6) is -6.45. The van der Waals surface area contributed by atoms with Gasteiger partial charge in [-0.2, -0.15) is 20.5 Å². The van der Waals surface area contributed by atoms with Crippen LogP contribution in [0.4, 0.5) is 34.1 Å². The van der Waals surface area contributed by atoms with Gasteiger partial charge in [0.05, 0.1) is 22.5 Å². The first-order valence-corrected chi connectivity index (χ1v) is 17.3. The number of hydrogen-bond donors (Lipinski definition) is 6. The van der Waals surface area contributed by atoms with E-state index in [0.717, 1.165) is 25.0 Å². The van der Waals surface area contributed by atoms with Crippen LogP contribution >= 0.6 is 0 Å². The highest BCUT2D eigenvalue weighted by molar-refractivity contribution is 6.11. The van der Waals surface area contributed by atoms with E-state index in [1.807, 2.05) is 0 Å². The van der Waals surface area contributed by atoms with Gasteiger partial charge in [-0.1, -0.05) is 12.1 Å². The van der Waals surface area contributed by atoms with Crippen molar-refractivity contribution in [3.63, 3.8) is 0 Å². The molecule has 18 nitrogen and oxygen atoms in total. The van der Waals surface area contributed by atoms with E-state index in [9.17, 15) is 48.6 Å². The monoisotopic (exact) mass is 790 g/mol. The zero-order chi connectivity index (χ0) is 42.8. The van der Waals surface area contributed by atoms with Gasteiger partial charge in [-0.25, -0.2) is 9.59 Å². The molecule has 18 heteroatoms. The highest BCUT2D eigenvalue weighted by atomic mass is 16.4. The van der Waals surface area contributed by atoms with Crippen LogP contribution in [0.5, 0.6) is 0 Å². The number of rotatable bonds is 15. The second-order valence-corrected chi connectivity index (χ2v) is 12.9. The fourth-order valence-electron chi connectivity index (χ4n) is 5.40. The lowest BCUT2D eigenvalue weighted by molar-refractivity contribution is -0.127. The summed E-state index contributed by atoms with van der Waals surface area (Å²) in [7, 11) is 0. The molecule has 0 spiro atoms. The quantitative estimate of drug-likeness (QED) is 0.0551. The molecule has 0 bridgehead atoms. The lowest BCUT2D eigenvalue weighted by Gasteiger charge is -2.15. The Morgan fingerprint density at radius 3 is 1.16 bits per heavy atom. The van der Waals surface area contributed by atoms with Gasteiger partial charge in [-0.3, -0.25) is 28.8 Å². The Morgan fingerprint density at radius 2 is 0.862 bits per heavy atom. The fourth-order valence-corrected chi connectivity index (χ4v) is 5.40. The SMILES string of the molecule is CC(=O)Nc1ccc(N=N[C@@H](C(C)=O)C(=O)Nc2ccc(-c3ccc(NC(=O)[C@@H](N=Nc4ccc(NC(C)=O)cc4C(=O)O)C(C)=O)c(C)c3)cc2C)c(C(=O)O)c1. The third kappa shape index (κ3) is 11.2. The molecule has 4 aromatic rings. The molecule has 6 N–H and O–H groups in total. The third-order valence-corrected chi connectivity index (χ3v) is 8.23. The summed E-state index contributed by atoms with van der Waals surface area (Å²) in [5, 5.41) is 44.9. The maximum absolute atomic E-state index is 13.2. The van der Waals surface area contributed by atoms with Crippen molar-refractivity contribution >= 4 is 81.3 Å². The molecule has 0 heterocycles. The van der Waals surface area contributed by atoms with Crippen molar-refractivity contribution in [3.8, 4) is 11.1 Å². The number of nitrogens with one attached hydrogen (secondary N) is 4. The van der Waals surface area contributed by atoms with Crippen molar-refractivity contribution in [3.05, 3.63) is 95.1 Å². The van der Waals surface area contributed by atoms with Gasteiger partial charge in [-0.15, -0.1) is 0 Å². The van der Waals surface area contributed by atoms with Crippen molar-refractivity contribution in [2.75, 3.05) is 21.3 Å². The number of azo groups is 2. The largest absolute Gasteiger partial charge is 0.478 e. The normalized spacial score (nSPS) is 12.0. The molecule has 4 amide bonds. The maximum Gasteiger partial charge on any atom is 0.338 e. The molecule has 4 aromatic carbocycles. The Balaban J connectivity index is 1.48. The number of aromatic carboxylic acids is 2. The molecule has 0 aliphatic heterocycles. The molecular formula is C40H38N8O10. The standard InChI is InChI=1S/C40H38N8O10/c1-19-15-25(7-11-31(19)43-37(53)35(21(3)49)47-45-33-13-9-27(41-23(5)51)17-29(33)39(55)56)26-8-12-32(20(2)16-26)44-38(54)36(22(4)50)48-46-34-14-10-28(42-24(6)52)18-30(34)40(57)58/h7-18,35-36H,1-6H3,(H,41,51)(H,42,52)(H,43,53)(H,44,54)(H,55,56)(H,57,58)/t35-,36-/m0/s1. The highest BCUT2D eigenvalue weighted by Crippen LogP contribution is 2.30. The molecule has 2 atom stereocenters. The topological polar surface area (TPSA) is 275 Å². The highest BCUT2D eigenvalue weighted by Gasteiger charge is 2.26. The summed E-state index contributed by atoms with van der Waals surface area (Å²) >= 11 is 0. The smallest absolute Gasteiger partial charge is 0.338 e. The first kappa shape index (κ1) is 43.0. The van der Waals surface area contributed by atoms with Crippen LogP contribution < -0.4 is 21.3 Å². The number of aryl methyl sites for hydroxylation is 2. The molecule has 0 radical (unpaired) electrons. The van der Waals surface area contributed by atoms with E-state index in [1.165, 1.54) is 50.2 Å². The van der Waals surface area contributed by atoms with Gasteiger partial charge in [0.1, 0.15) is 0 Å². The van der Waals surface area contributed by atoms with Crippen LogP contribution in [0, 0.1) is 13.8 Å².